The third-order valence-electron chi connectivity index (χ3n) is 2.68. The van der Waals surface area contributed by atoms with Crippen molar-refractivity contribution < 1.29 is 8.42 Å². The van der Waals surface area contributed by atoms with Crippen LogP contribution in [-0.2, 0) is 9.84 Å². The Kier molecular flexibility index (Phi) is 3.72. The maximum absolute atomic E-state index is 11.3. The van der Waals surface area contributed by atoms with Gasteiger partial charge in [0.1, 0.15) is 0 Å². The van der Waals surface area contributed by atoms with Gasteiger partial charge in [-0.2, -0.15) is 0 Å². The van der Waals surface area contributed by atoms with Crippen molar-refractivity contribution >= 4 is 9.84 Å². The van der Waals surface area contributed by atoms with Gasteiger partial charge in [-0.25, -0.2) is 8.42 Å². The average molecular weight is 217 g/mol. The van der Waals surface area contributed by atoms with Gasteiger partial charge in [0.05, 0.1) is 11.5 Å². The minimum atomic E-state index is -2.77. The first-order chi connectivity index (χ1) is 6.46. The number of hydrogen-bond donors (Lipinski definition) is 0. The largest absolute Gasteiger partial charge is 0.293 e. The molecule has 3 nitrogen and oxygen atoms in total. The molecular weight excluding hydrogens is 198 g/mol. The fraction of sp³-hybridized carbons (Fsp3) is 0.800. The summed E-state index contributed by atoms with van der Waals surface area (Å²) < 4.78 is 22.6. The van der Waals surface area contributed by atoms with Gasteiger partial charge in [0.25, 0.3) is 0 Å². The van der Waals surface area contributed by atoms with Crippen LogP contribution in [0.2, 0.25) is 0 Å². The molecule has 0 spiro atoms. The molecule has 1 saturated heterocycles. The molecule has 0 aromatic carbocycles. The van der Waals surface area contributed by atoms with E-state index in [2.05, 4.69) is 25.3 Å². The molecule has 14 heavy (non-hydrogen) atoms. The zero-order chi connectivity index (χ0) is 10.8. The maximum Gasteiger partial charge on any atom is 0.151 e. The third-order valence-corrected chi connectivity index (χ3v) is 4.43. The average Bonchev–Trinajstić information content (AvgIpc) is 2.41. The van der Waals surface area contributed by atoms with Crippen LogP contribution in [0.5, 0.6) is 0 Å². The molecule has 0 bridgehead atoms. The molecule has 1 aliphatic rings. The Morgan fingerprint density at radius 3 is 2.57 bits per heavy atom. The van der Waals surface area contributed by atoms with Gasteiger partial charge in [-0.05, 0) is 20.3 Å². The first kappa shape index (κ1) is 11.7. The zero-order valence-electron chi connectivity index (χ0n) is 8.94. The molecule has 1 unspecified atom stereocenters. The van der Waals surface area contributed by atoms with E-state index in [-0.39, 0.29) is 6.04 Å². The smallest absolute Gasteiger partial charge is 0.151 e. The van der Waals surface area contributed by atoms with Crippen LogP contribution >= 0.6 is 0 Å². The van der Waals surface area contributed by atoms with Gasteiger partial charge in [0.2, 0.25) is 0 Å². The van der Waals surface area contributed by atoms with Crippen LogP contribution < -0.4 is 0 Å². The molecule has 0 radical (unpaired) electrons. The zero-order valence-corrected chi connectivity index (χ0v) is 9.76. The topological polar surface area (TPSA) is 37.4 Å². The Bertz CT molecular complexity index is 295. The highest BCUT2D eigenvalue weighted by Gasteiger charge is 2.32. The fourth-order valence-corrected chi connectivity index (χ4v) is 3.71. The lowest BCUT2D eigenvalue weighted by molar-refractivity contribution is 0.187. The molecule has 4 heteroatoms. The summed E-state index contributed by atoms with van der Waals surface area (Å²) in [6.07, 6.45) is 2.61. The first-order valence-corrected chi connectivity index (χ1v) is 6.85. The normalized spacial score (nSPS) is 25.9. The van der Waals surface area contributed by atoms with Crippen LogP contribution in [0.3, 0.4) is 0 Å². The van der Waals surface area contributed by atoms with E-state index in [9.17, 15) is 8.42 Å². The van der Waals surface area contributed by atoms with Crippen LogP contribution in [0, 0.1) is 0 Å². The van der Waals surface area contributed by atoms with E-state index in [0.29, 0.717) is 17.5 Å². The molecule has 0 aliphatic carbocycles. The van der Waals surface area contributed by atoms with Crippen LogP contribution in [0.15, 0.2) is 12.7 Å². The Morgan fingerprint density at radius 2 is 2.21 bits per heavy atom. The van der Waals surface area contributed by atoms with Crippen LogP contribution in [-0.4, -0.2) is 43.5 Å². The molecular formula is C10H19NO2S. The first-order valence-electron chi connectivity index (χ1n) is 5.03. The van der Waals surface area contributed by atoms with E-state index >= 15 is 0 Å². The lowest BCUT2D eigenvalue weighted by Gasteiger charge is -2.30. The molecule has 0 aromatic rings. The molecule has 82 valence electrons. The van der Waals surface area contributed by atoms with Crippen molar-refractivity contribution in [1.82, 2.24) is 4.90 Å². The van der Waals surface area contributed by atoms with Crippen molar-refractivity contribution in [2.24, 2.45) is 0 Å². The number of hydrogen-bond acceptors (Lipinski definition) is 3. The second kappa shape index (κ2) is 4.45. The van der Waals surface area contributed by atoms with Gasteiger partial charge in [-0.15, -0.1) is 6.58 Å². The minimum absolute atomic E-state index is 0.193. The number of sulfone groups is 1. The fourth-order valence-electron chi connectivity index (χ4n) is 1.97. The summed E-state index contributed by atoms with van der Waals surface area (Å²) in [4.78, 5) is 2.21. The Hall–Kier alpha value is -0.350. The van der Waals surface area contributed by atoms with Gasteiger partial charge < -0.3 is 0 Å². The molecule has 1 fully saturated rings. The lowest BCUT2D eigenvalue weighted by atomic mass is 10.2. The molecule has 0 N–H and O–H groups in total. The van der Waals surface area contributed by atoms with Gasteiger partial charge in [0.15, 0.2) is 9.84 Å². The van der Waals surface area contributed by atoms with Crippen molar-refractivity contribution in [2.75, 3.05) is 18.1 Å². The standard InChI is InChI=1S/C10H19NO2S/c1-4-6-11(9(2)3)10-5-7-14(12,13)8-10/h4,9-10H,1,5-8H2,2-3H3. The lowest BCUT2D eigenvalue weighted by Crippen LogP contribution is -2.41. The van der Waals surface area contributed by atoms with Gasteiger partial charge in [-0.1, -0.05) is 6.08 Å². The van der Waals surface area contributed by atoms with E-state index in [4.69, 9.17) is 0 Å². The van der Waals surface area contributed by atoms with E-state index in [1.165, 1.54) is 0 Å². The molecule has 1 aliphatic heterocycles. The summed E-state index contributed by atoms with van der Waals surface area (Å²) in [7, 11) is -2.77. The van der Waals surface area contributed by atoms with Crippen molar-refractivity contribution in [3.05, 3.63) is 12.7 Å². The van der Waals surface area contributed by atoms with Crippen molar-refractivity contribution in [3.8, 4) is 0 Å². The van der Waals surface area contributed by atoms with E-state index in [0.717, 1.165) is 13.0 Å². The summed E-state index contributed by atoms with van der Waals surface area (Å²) in [6.45, 7) is 8.66. The van der Waals surface area contributed by atoms with Crippen molar-refractivity contribution in [2.45, 2.75) is 32.4 Å². The maximum atomic E-state index is 11.3. The highest BCUT2D eigenvalue weighted by Crippen LogP contribution is 2.19. The highest BCUT2D eigenvalue weighted by molar-refractivity contribution is 7.91. The van der Waals surface area contributed by atoms with Crippen LogP contribution in [0.25, 0.3) is 0 Å². The summed E-state index contributed by atoms with van der Waals surface area (Å²) in [5.41, 5.74) is 0. The molecule has 0 aromatic heterocycles. The highest BCUT2D eigenvalue weighted by atomic mass is 32.2. The summed E-state index contributed by atoms with van der Waals surface area (Å²) in [5, 5.41) is 0. The van der Waals surface area contributed by atoms with E-state index < -0.39 is 9.84 Å². The second-order valence-electron chi connectivity index (χ2n) is 4.14. The Labute approximate surface area is 86.7 Å². The predicted octanol–water partition coefficient (Wildman–Crippen LogP) is 1.07. The van der Waals surface area contributed by atoms with Crippen LogP contribution in [0.4, 0.5) is 0 Å². The minimum Gasteiger partial charge on any atom is -0.293 e. The third kappa shape index (κ3) is 2.82. The summed E-state index contributed by atoms with van der Waals surface area (Å²) in [5.74, 6) is 0.664. The molecule has 0 amide bonds. The van der Waals surface area contributed by atoms with Gasteiger partial charge in [-0.3, -0.25) is 4.90 Å². The summed E-state index contributed by atoms with van der Waals surface area (Å²) >= 11 is 0. The molecule has 0 saturated carbocycles. The van der Waals surface area contributed by atoms with Gasteiger partial charge >= 0.3 is 0 Å². The molecule has 1 heterocycles. The van der Waals surface area contributed by atoms with E-state index in [1.807, 2.05) is 6.08 Å². The molecule has 1 atom stereocenters. The SMILES string of the molecule is C=CCN(C(C)C)C1CCS(=O)(=O)C1. The predicted molar refractivity (Wildman–Crippen MR) is 59.1 cm³/mol. The summed E-state index contributed by atoms with van der Waals surface area (Å²) in [6, 6.07) is 0.573. The van der Waals surface area contributed by atoms with Crippen LogP contribution in [0.1, 0.15) is 20.3 Å². The Morgan fingerprint density at radius 1 is 1.57 bits per heavy atom. The number of nitrogens with zero attached hydrogens (tertiary/aromatic N) is 1. The van der Waals surface area contributed by atoms with E-state index in [1.54, 1.807) is 0 Å². The quantitative estimate of drug-likeness (QED) is 0.661. The Balaban J connectivity index is 2.67. The molecule has 1 rings (SSSR count). The number of rotatable bonds is 4. The van der Waals surface area contributed by atoms with Crippen molar-refractivity contribution in [3.63, 3.8) is 0 Å². The second-order valence-corrected chi connectivity index (χ2v) is 6.36. The van der Waals surface area contributed by atoms with Gasteiger partial charge in [0, 0.05) is 18.6 Å². The monoisotopic (exact) mass is 217 g/mol. The van der Waals surface area contributed by atoms with Crippen molar-refractivity contribution in [1.29, 1.82) is 0 Å².